The molecule has 0 aliphatic carbocycles. The van der Waals surface area contributed by atoms with Gasteiger partial charge in [-0.05, 0) is 50.2 Å². The van der Waals surface area contributed by atoms with Crippen molar-refractivity contribution in [3.8, 4) is 0 Å². The van der Waals surface area contributed by atoms with Crippen molar-refractivity contribution in [1.29, 1.82) is 0 Å². The maximum atomic E-state index is 11.3. The largest absolute Gasteiger partial charge is 0.466 e. The monoisotopic (exact) mass is 306 g/mol. The lowest BCUT2D eigenvalue weighted by atomic mass is 10.1. The molecule has 1 aliphatic rings. The molecular formula is C18H26O4. The zero-order valence-electron chi connectivity index (χ0n) is 13.4. The first-order chi connectivity index (χ1) is 10.8. The Morgan fingerprint density at radius 1 is 1.23 bits per heavy atom. The molecule has 1 aliphatic heterocycles. The first kappa shape index (κ1) is 17.0. The normalized spacial score (nSPS) is 18.1. The van der Waals surface area contributed by atoms with Crippen LogP contribution in [-0.2, 0) is 32.0 Å². The molecule has 4 heteroatoms. The summed E-state index contributed by atoms with van der Waals surface area (Å²) in [4.78, 5) is 11.3. The van der Waals surface area contributed by atoms with Crippen LogP contribution in [0.25, 0.3) is 0 Å². The highest BCUT2D eigenvalue weighted by molar-refractivity contribution is 5.69. The third-order valence-corrected chi connectivity index (χ3v) is 3.75. The van der Waals surface area contributed by atoms with Crippen LogP contribution in [0.1, 0.15) is 50.2 Å². The Bertz CT molecular complexity index is 435. The highest BCUT2D eigenvalue weighted by Gasteiger charge is 2.13. The van der Waals surface area contributed by atoms with Gasteiger partial charge in [0.05, 0.1) is 13.2 Å². The molecule has 0 N–H and O–H groups in total. The quantitative estimate of drug-likeness (QED) is 0.688. The molecule has 1 unspecified atom stereocenters. The highest BCUT2D eigenvalue weighted by Crippen LogP contribution is 2.16. The topological polar surface area (TPSA) is 44.8 Å². The van der Waals surface area contributed by atoms with E-state index >= 15 is 0 Å². The van der Waals surface area contributed by atoms with Gasteiger partial charge >= 0.3 is 5.97 Å². The fourth-order valence-electron chi connectivity index (χ4n) is 2.50. The summed E-state index contributed by atoms with van der Waals surface area (Å²) in [6.45, 7) is 3.69. The summed E-state index contributed by atoms with van der Waals surface area (Å²) < 4.78 is 16.2. The van der Waals surface area contributed by atoms with Crippen molar-refractivity contribution in [2.75, 3.05) is 13.2 Å². The van der Waals surface area contributed by atoms with Gasteiger partial charge in [0.15, 0.2) is 6.29 Å². The van der Waals surface area contributed by atoms with Crippen LogP contribution in [0.4, 0.5) is 0 Å². The molecule has 1 saturated heterocycles. The summed E-state index contributed by atoms with van der Waals surface area (Å²) in [5, 5.41) is 0. The Kier molecular flexibility index (Phi) is 7.40. The predicted octanol–water partition coefficient (Wildman–Crippen LogP) is 3.62. The number of esters is 1. The zero-order valence-corrected chi connectivity index (χ0v) is 13.4. The Hall–Kier alpha value is -1.39. The summed E-state index contributed by atoms with van der Waals surface area (Å²) in [6, 6.07) is 8.38. The Morgan fingerprint density at radius 3 is 2.68 bits per heavy atom. The van der Waals surface area contributed by atoms with Crippen molar-refractivity contribution < 1.29 is 19.0 Å². The van der Waals surface area contributed by atoms with E-state index in [0.717, 1.165) is 37.9 Å². The van der Waals surface area contributed by atoms with Crippen molar-refractivity contribution in [3.05, 3.63) is 35.4 Å². The lowest BCUT2D eigenvalue weighted by Crippen LogP contribution is -2.21. The first-order valence-electron chi connectivity index (χ1n) is 8.24. The molecule has 122 valence electrons. The molecule has 1 heterocycles. The number of benzene rings is 1. The van der Waals surface area contributed by atoms with E-state index < -0.39 is 0 Å². The minimum atomic E-state index is -0.111. The van der Waals surface area contributed by atoms with Gasteiger partial charge in [0.25, 0.3) is 0 Å². The van der Waals surface area contributed by atoms with Crippen LogP contribution >= 0.6 is 0 Å². The summed E-state index contributed by atoms with van der Waals surface area (Å²) in [6.07, 6.45) is 5.47. The summed E-state index contributed by atoms with van der Waals surface area (Å²) in [7, 11) is 0. The highest BCUT2D eigenvalue weighted by atomic mass is 16.7. The molecule has 1 aromatic carbocycles. The molecule has 0 saturated carbocycles. The van der Waals surface area contributed by atoms with Crippen LogP contribution in [0.15, 0.2) is 24.3 Å². The van der Waals surface area contributed by atoms with Gasteiger partial charge in [-0.25, -0.2) is 0 Å². The van der Waals surface area contributed by atoms with Crippen molar-refractivity contribution >= 4 is 5.97 Å². The van der Waals surface area contributed by atoms with Crippen LogP contribution in [-0.4, -0.2) is 25.5 Å². The predicted molar refractivity (Wildman–Crippen MR) is 84.4 cm³/mol. The number of rotatable bonds is 8. The van der Waals surface area contributed by atoms with Crippen molar-refractivity contribution in [1.82, 2.24) is 0 Å². The van der Waals surface area contributed by atoms with Crippen LogP contribution < -0.4 is 0 Å². The Labute approximate surface area is 132 Å². The van der Waals surface area contributed by atoms with Crippen LogP contribution in [0.2, 0.25) is 0 Å². The number of aryl methyl sites for hydroxylation is 1. The fourth-order valence-corrected chi connectivity index (χ4v) is 2.50. The molecule has 2 rings (SSSR count). The van der Waals surface area contributed by atoms with Gasteiger partial charge in [0.1, 0.15) is 0 Å². The average molecular weight is 306 g/mol. The number of carbonyl (C=O) groups is 1. The summed E-state index contributed by atoms with van der Waals surface area (Å²) in [5.74, 6) is -0.111. The molecule has 0 aromatic heterocycles. The molecule has 1 aromatic rings. The van der Waals surface area contributed by atoms with Crippen LogP contribution in [0.5, 0.6) is 0 Å². The molecule has 0 spiro atoms. The van der Waals surface area contributed by atoms with Gasteiger partial charge in [-0.3, -0.25) is 4.79 Å². The standard InChI is InChI=1S/C18H26O4/c1-2-20-17(19)7-5-6-15-9-11-16(12-10-15)14-22-18-8-3-4-13-21-18/h9-12,18H,2-8,13-14H2,1H3. The van der Waals surface area contributed by atoms with E-state index in [-0.39, 0.29) is 12.3 Å². The molecule has 1 fully saturated rings. The maximum absolute atomic E-state index is 11.3. The SMILES string of the molecule is CCOC(=O)CCCc1ccc(COC2CCCCO2)cc1. The minimum absolute atomic E-state index is 0.0435. The van der Waals surface area contributed by atoms with Crippen molar-refractivity contribution in [2.45, 2.75) is 58.3 Å². The van der Waals surface area contributed by atoms with Gasteiger partial charge in [-0.15, -0.1) is 0 Å². The van der Waals surface area contributed by atoms with E-state index in [1.807, 2.05) is 6.92 Å². The third kappa shape index (κ3) is 6.16. The maximum Gasteiger partial charge on any atom is 0.305 e. The molecule has 0 amide bonds. The van der Waals surface area contributed by atoms with E-state index in [1.54, 1.807) is 0 Å². The lowest BCUT2D eigenvalue weighted by molar-refractivity contribution is -0.168. The number of carbonyl (C=O) groups excluding carboxylic acids is 1. The van der Waals surface area contributed by atoms with Crippen LogP contribution in [0.3, 0.4) is 0 Å². The summed E-state index contributed by atoms with van der Waals surface area (Å²) in [5.41, 5.74) is 2.39. The number of ether oxygens (including phenoxy) is 3. The molecule has 1 atom stereocenters. The van der Waals surface area contributed by atoms with Gasteiger partial charge in [0, 0.05) is 13.0 Å². The Morgan fingerprint density at radius 2 is 2.00 bits per heavy atom. The van der Waals surface area contributed by atoms with Crippen molar-refractivity contribution in [3.63, 3.8) is 0 Å². The molecule has 22 heavy (non-hydrogen) atoms. The molecule has 0 radical (unpaired) electrons. The van der Waals surface area contributed by atoms with E-state index in [0.29, 0.717) is 19.6 Å². The molecule has 0 bridgehead atoms. The van der Waals surface area contributed by atoms with Gasteiger partial charge in [-0.1, -0.05) is 24.3 Å². The number of hydrogen-bond acceptors (Lipinski definition) is 4. The van der Waals surface area contributed by atoms with E-state index in [9.17, 15) is 4.79 Å². The smallest absolute Gasteiger partial charge is 0.305 e. The first-order valence-corrected chi connectivity index (χ1v) is 8.24. The van der Waals surface area contributed by atoms with E-state index in [2.05, 4.69) is 24.3 Å². The second kappa shape index (κ2) is 9.59. The zero-order chi connectivity index (χ0) is 15.6. The summed E-state index contributed by atoms with van der Waals surface area (Å²) >= 11 is 0. The number of hydrogen-bond donors (Lipinski definition) is 0. The van der Waals surface area contributed by atoms with E-state index in [4.69, 9.17) is 14.2 Å². The van der Waals surface area contributed by atoms with Gasteiger partial charge < -0.3 is 14.2 Å². The molecular weight excluding hydrogens is 280 g/mol. The molecule has 4 nitrogen and oxygen atoms in total. The Balaban J connectivity index is 1.67. The lowest BCUT2D eigenvalue weighted by Gasteiger charge is -2.22. The third-order valence-electron chi connectivity index (χ3n) is 3.75. The second-order valence-corrected chi connectivity index (χ2v) is 5.58. The fraction of sp³-hybridized carbons (Fsp3) is 0.611. The van der Waals surface area contributed by atoms with Gasteiger partial charge in [0.2, 0.25) is 0 Å². The minimum Gasteiger partial charge on any atom is -0.466 e. The van der Waals surface area contributed by atoms with Crippen LogP contribution in [0, 0.1) is 0 Å². The van der Waals surface area contributed by atoms with Gasteiger partial charge in [-0.2, -0.15) is 0 Å². The van der Waals surface area contributed by atoms with E-state index in [1.165, 1.54) is 12.0 Å². The second-order valence-electron chi connectivity index (χ2n) is 5.58. The average Bonchev–Trinajstić information content (AvgIpc) is 2.55. The van der Waals surface area contributed by atoms with Crippen molar-refractivity contribution in [2.24, 2.45) is 0 Å².